The van der Waals surface area contributed by atoms with E-state index < -0.39 is 0 Å². The second-order valence-electron chi connectivity index (χ2n) is 3.39. The number of hydrogen-bond donors (Lipinski definition) is 0. The predicted molar refractivity (Wildman–Crippen MR) is 60.1 cm³/mol. The maximum absolute atomic E-state index is 5.75. The summed E-state index contributed by atoms with van der Waals surface area (Å²) in [7, 11) is 7.07. The van der Waals surface area contributed by atoms with Gasteiger partial charge in [-0.05, 0) is 26.6 Å². The zero-order chi connectivity index (χ0) is 10.8. The summed E-state index contributed by atoms with van der Waals surface area (Å²) in [5.41, 5.74) is 5.75. The monoisotopic (exact) mass is 291 g/mol. The number of nitrogens with one attached hydrogen (secondary N) is 1. The van der Waals surface area contributed by atoms with Crippen LogP contribution in [-0.4, -0.2) is 63.3 Å². The van der Waals surface area contributed by atoms with Crippen LogP contribution in [0.15, 0.2) is 0 Å². The molecule has 0 aromatic heterocycles. The van der Waals surface area contributed by atoms with Crippen molar-refractivity contribution in [2.24, 2.45) is 0 Å². The normalized spacial score (nSPS) is 15.6. The maximum atomic E-state index is 5.75. The average molecular weight is 291 g/mol. The van der Waals surface area contributed by atoms with Crippen molar-refractivity contribution in [2.75, 3.05) is 53.5 Å². The molecule has 0 aromatic carbocycles. The van der Waals surface area contributed by atoms with Gasteiger partial charge in [0.2, 0.25) is 0 Å². The topological polar surface area (TPSA) is 39.5 Å². The number of morpholine rings is 1. The van der Waals surface area contributed by atoms with Gasteiger partial charge in [-0.25, -0.2) is 0 Å². The molecule has 1 radical (unpaired) electrons. The standard InChI is InChI=1S/C9H19N2O.CH4N.K.V/c1-10(2)4-3-5-11-6-8-12-9-7-11;1-2;;/h1,3-9H2,2H3;2H,1H3;;/q2*-1;+1;. The van der Waals surface area contributed by atoms with Crippen LogP contribution >= 0.6 is 0 Å². The molecule has 0 aromatic rings. The van der Waals surface area contributed by atoms with Crippen LogP contribution in [0.5, 0.6) is 0 Å². The number of hydrogen-bond acceptors (Lipinski definition) is 3. The summed E-state index contributed by atoms with van der Waals surface area (Å²) >= 11 is 0. The number of rotatable bonds is 4. The molecular weight excluding hydrogens is 268 g/mol. The Kier molecular flexibility index (Phi) is 24.7. The Balaban J connectivity index is -0.000000399. The van der Waals surface area contributed by atoms with Crippen molar-refractivity contribution in [1.29, 1.82) is 0 Å². The van der Waals surface area contributed by atoms with Crippen molar-refractivity contribution in [3.63, 3.8) is 0 Å². The molecule has 91 valence electrons. The van der Waals surface area contributed by atoms with Crippen molar-refractivity contribution in [2.45, 2.75) is 6.42 Å². The van der Waals surface area contributed by atoms with Gasteiger partial charge >= 0.3 is 51.4 Å². The minimum absolute atomic E-state index is 0. The molecule has 1 fully saturated rings. The molecule has 0 unspecified atom stereocenters. The van der Waals surface area contributed by atoms with E-state index in [-0.39, 0.29) is 69.9 Å². The van der Waals surface area contributed by atoms with E-state index in [4.69, 9.17) is 10.5 Å². The van der Waals surface area contributed by atoms with E-state index >= 15 is 0 Å². The van der Waals surface area contributed by atoms with E-state index in [1.807, 2.05) is 11.9 Å². The van der Waals surface area contributed by atoms with Crippen molar-refractivity contribution in [1.82, 2.24) is 9.80 Å². The van der Waals surface area contributed by atoms with Crippen LogP contribution in [0.1, 0.15) is 6.42 Å². The fraction of sp³-hybridized carbons (Fsp3) is 0.900. The van der Waals surface area contributed by atoms with Gasteiger partial charge in [0.15, 0.2) is 0 Å². The molecule has 4 nitrogen and oxygen atoms in total. The molecule has 0 bridgehead atoms. The number of nitrogens with zero attached hydrogens (tertiary/aromatic N) is 2. The third-order valence-electron chi connectivity index (χ3n) is 2.12. The molecule has 6 heteroatoms. The van der Waals surface area contributed by atoms with Crippen LogP contribution in [-0.2, 0) is 23.3 Å². The molecule has 1 saturated heterocycles. The Labute approximate surface area is 155 Å². The first-order chi connectivity index (χ1) is 6.79. The van der Waals surface area contributed by atoms with Gasteiger partial charge in [0.25, 0.3) is 0 Å². The van der Waals surface area contributed by atoms with Gasteiger partial charge in [0.1, 0.15) is 0 Å². The van der Waals surface area contributed by atoms with E-state index in [2.05, 4.69) is 11.9 Å². The summed E-state index contributed by atoms with van der Waals surface area (Å²) < 4.78 is 5.26. The fourth-order valence-corrected chi connectivity index (χ4v) is 1.39. The predicted octanol–water partition coefficient (Wildman–Crippen LogP) is -1.90. The van der Waals surface area contributed by atoms with Gasteiger partial charge < -0.3 is 15.4 Å². The smallest absolute Gasteiger partial charge is 0.680 e. The second kappa shape index (κ2) is 17.1. The summed E-state index contributed by atoms with van der Waals surface area (Å²) in [5.74, 6) is 0. The Morgan fingerprint density at radius 3 is 2.25 bits per heavy atom. The van der Waals surface area contributed by atoms with Crippen LogP contribution in [0.25, 0.3) is 5.73 Å². The first-order valence-corrected chi connectivity index (χ1v) is 5.11. The molecule has 0 amide bonds. The van der Waals surface area contributed by atoms with Gasteiger partial charge in [-0.15, -0.1) is 0 Å². The summed E-state index contributed by atoms with van der Waals surface area (Å²) in [6.45, 7) is 6.27. The van der Waals surface area contributed by atoms with Crippen LogP contribution < -0.4 is 51.4 Å². The SMILES string of the molecule is C[NH-].[CH2-]N(C)CCCN1CCOCC1.[K+].[V]. The van der Waals surface area contributed by atoms with E-state index in [0.717, 1.165) is 32.8 Å². The first-order valence-electron chi connectivity index (χ1n) is 5.11. The van der Waals surface area contributed by atoms with E-state index in [9.17, 15) is 0 Å². The summed E-state index contributed by atoms with van der Waals surface area (Å²) in [6, 6.07) is 0. The Morgan fingerprint density at radius 1 is 1.31 bits per heavy atom. The molecule has 0 aliphatic carbocycles. The van der Waals surface area contributed by atoms with E-state index in [0.29, 0.717) is 0 Å². The van der Waals surface area contributed by atoms with Crippen LogP contribution in [0.3, 0.4) is 0 Å². The summed E-state index contributed by atoms with van der Waals surface area (Å²) in [5, 5.41) is 0. The molecular formula is C10H23KN3OV-. The quantitative estimate of drug-likeness (QED) is 0.449. The van der Waals surface area contributed by atoms with Gasteiger partial charge in [0.05, 0.1) is 13.2 Å². The average Bonchev–Trinajstić information content (AvgIpc) is 2.22. The first kappa shape index (κ1) is 23.2. The minimum atomic E-state index is 0. The fourth-order valence-electron chi connectivity index (χ4n) is 1.39. The molecule has 1 aliphatic rings. The molecule has 1 aliphatic heterocycles. The Morgan fingerprint density at radius 2 is 1.81 bits per heavy atom. The molecule has 1 rings (SSSR count). The largest absolute Gasteiger partial charge is 1.00 e. The molecule has 16 heavy (non-hydrogen) atoms. The Bertz CT molecular complexity index is 125. The van der Waals surface area contributed by atoms with Crippen molar-refractivity contribution < 1.29 is 74.7 Å². The third-order valence-corrected chi connectivity index (χ3v) is 2.12. The molecule has 0 atom stereocenters. The molecule has 0 saturated carbocycles. The van der Waals surface area contributed by atoms with Gasteiger partial charge in [0, 0.05) is 31.6 Å². The Hall–Kier alpha value is 2.06. The van der Waals surface area contributed by atoms with Crippen LogP contribution in [0.2, 0.25) is 0 Å². The summed E-state index contributed by atoms with van der Waals surface area (Å²) in [4.78, 5) is 4.44. The number of ether oxygens (including phenoxy) is 1. The van der Waals surface area contributed by atoms with Gasteiger partial charge in [-0.2, -0.15) is 7.05 Å². The zero-order valence-corrected chi connectivity index (χ0v) is 15.4. The zero-order valence-electron chi connectivity index (χ0n) is 10.9. The van der Waals surface area contributed by atoms with Crippen molar-refractivity contribution in [3.8, 4) is 0 Å². The minimum Gasteiger partial charge on any atom is -0.680 e. The second-order valence-corrected chi connectivity index (χ2v) is 3.39. The van der Waals surface area contributed by atoms with Gasteiger partial charge in [-0.1, -0.05) is 0 Å². The van der Waals surface area contributed by atoms with Crippen LogP contribution in [0, 0.1) is 7.05 Å². The molecule has 0 spiro atoms. The third kappa shape index (κ3) is 14.1. The maximum Gasteiger partial charge on any atom is 1.00 e. The molecule has 1 heterocycles. The summed E-state index contributed by atoms with van der Waals surface area (Å²) in [6.07, 6.45) is 1.21. The molecule has 1 N–H and O–H groups in total. The van der Waals surface area contributed by atoms with Gasteiger partial charge in [-0.3, -0.25) is 11.9 Å². The van der Waals surface area contributed by atoms with E-state index in [1.165, 1.54) is 20.0 Å². The van der Waals surface area contributed by atoms with Crippen molar-refractivity contribution >= 4 is 0 Å². The van der Waals surface area contributed by atoms with E-state index in [1.54, 1.807) is 0 Å². The van der Waals surface area contributed by atoms with Crippen LogP contribution in [0.4, 0.5) is 0 Å². The van der Waals surface area contributed by atoms with Crippen molar-refractivity contribution in [3.05, 3.63) is 12.8 Å².